The summed E-state index contributed by atoms with van der Waals surface area (Å²) in [7, 11) is 1.87. The third kappa shape index (κ3) is 4.72. The highest BCUT2D eigenvalue weighted by atomic mass is 32.1. The Morgan fingerprint density at radius 3 is 2.83 bits per heavy atom. The van der Waals surface area contributed by atoms with Gasteiger partial charge in [-0.25, -0.2) is 9.97 Å². The van der Waals surface area contributed by atoms with Crippen molar-refractivity contribution in [2.75, 3.05) is 25.5 Å². The first-order chi connectivity index (χ1) is 11.2. The predicted octanol–water partition coefficient (Wildman–Crippen LogP) is 3.13. The first kappa shape index (κ1) is 16.3. The molecule has 2 aromatic heterocycles. The van der Waals surface area contributed by atoms with E-state index in [1.54, 1.807) is 11.3 Å². The molecule has 1 atom stereocenters. The molecule has 0 amide bonds. The van der Waals surface area contributed by atoms with Gasteiger partial charge < -0.3 is 5.32 Å². The summed E-state index contributed by atoms with van der Waals surface area (Å²) in [6, 6.07) is 0. The average molecular weight is 331 g/mol. The Balaban J connectivity index is 1.51. The van der Waals surface area contributed by atoms with Crippen molar-refractivity contribution in [3.8, 4) is 0 Å². The Labute approximate surface area is 142 Å². The zero-order chi connectivity index (χ0) is 16.1. The molecule has 5 nitrogen and oxygen atoms in total. The SMILES string of the molecule is CNc1cnc(C[C@@H]2CCCN(Cc3csc(C)n3)CC2)cn1. The average Bonchev–Trinajstić information content (AvgIpc) is 2.84. The Hall–Kier alpha value is -1.53. The van der Waals surface area contributed by atoms with Crippen molar-refractivity contribution in [1.82, 2.24) is 19.9 Å². The third-order valence-corrected chi connectivity index (χ3v) is 5.27. The van der Waals surface area contributed by atoms with Gasteiger partial charge in [0.1, 0.15) is 5.82 Å². The van der Waals surface area contributed by atoms with Crippen LogP contribution in [0, 0.1) is 12.8 Å². The van der Waals surface area contributed by atoms with Crippen LogP contribution in [0.15, 0.2) is 17.8 Å². The summed E-state index contributed by atoms with van der Waals surface area (Å²) in [5, 5.41) is 6.37. The van der Waals surface area contributed by atoms with Crippen molar-refractivity contribution < 1.29 is 0 Å². The van der Waals surface area contributed by atoms with E-state index >= 15 is 0 Å². The van der Waals surface area contributed by atoms with Gasteiger partial charge in [-0.3, -0.25) is 9.88 Å². The van der Waals surface area contributed by atoms with Crippen LogP contribution < -0.4 is 5.32 Å². The van der Waals surface area contributed by atoms with Gasteiger partial charge in [-0.2, -0.15) is 0 Å². The van der Waals surface area contributed by atoms with Crippen molar-refractivity contribution in [2.45, 2.75) is 39.2 Å². The second-order valence-corrected chi connectivity index (χ2v) is 7.34. The maximum atomic E-state index is 4.59. The number of aromatic nitrogens is 3. The molecule has 1 fully saturated rings. The van der Waals surface area contributed by atoms with E-state index in [2.05, 4.69) is 37.5 Å². The molecule has 0 spiro atoms. The molecule has 3 heterocycles. The molecule has 0 aliphatic carbocycles. The molecular weight excluding hydrogens is 306 g/mol. The maximum Gasteiger partial charge on any atom is 0.144 e. The van der Waals surface area contributed by atoms with Crippen molar-refractivity contribution in [3.05, 3.63) is 34.2 Å². The summed E-state index contributed by atoms with van der Waals surface area (Å²) < 4.78 is 0. The number of thiazole rings is 1. The van der Waals surface area contributed by atoms with Crippen LogP contribution in [0.2, 0.25) is 0 Å². The molecular formula is C17H25N5S. The number of nitrogens with zero attached hydrogens (tertiary/aromatic N) is 4. The summed E-state index contributed by atoms with van der Waals surface area (Å²) in [5.74, 6) is 1.55. The lowest BCUT2D eigenvalue weighted by Gasteiger charge is -2.19. The van der Waals surface area contributed by atoms with Crippen LogP contribution >= 0.6 is 11.3 Å². The molecule has 1 aliphatic heterocycles. The van der Waals surface area contributed by atoms with Crippen molar-refractivity contribution >= 4 is 17.2 Å². The topological polar surface area (TPSA) is 53.9 Å². The molecule has 1 saturated heterocycles. The standard InChI is InChI=1S/C17H25N5S/c1-13-21-16(12-23-13)11-22-6-3-4-14(5-7-22)8-15-9-20-17(18-2)10-19-15/h9-10,12,14H,3-8,11H2,1-2H3,(H,18,20)/t14-/m1/s1. The predicted molar refractivity (Wildman–Crippen MR) is 94.8 cm³/mol. The second kappa shape index (κ2) is 7.84. The Bertz CT molecular complexity index is 610. The monoisotopic (exact) mass is 331 g/mol. The zero-order valence-electron chi connectivity index (χ0n) is 14.0. The highest BCUT2D eigenvalue weighted by Crippen LogP contribution is 2.22. The van der Waals surface area contributed by atoms with E-state index in [-0.39, 0.29) is 0 Å². The largest absolute Gasteiger partial charge is 0.372 e. The molecule has 124 valence electrons. The number of anilines is 1. The fourth-order valence-corrected chi connectivity index (χ4v) is 3.79. The van der Waals surface area contributed by atoms with Crippen LogP contribution in [-0.2, 0) is 13.0 Å². The summed E-state index contributed by atoms with van der Waals surface area (Å²) >= 11 is 1.75. The normalized spacial score (nSPS) is 19.5. The molecule has 1 N–H and O–H groups in total. The Kier molecular flexibility index (Phi) is 5.56. The first-order valence-electron chi connectivity index (χ1n) is 8.35. The number of likely N-dealkylation sites (tertiary alicyclic amines) is 1. The first-order valence-corrected chi connectivity index (χ1v) is 9.23. The van der Waals surface area contributed by atoms with Crippen LogP contribution in [-0.4, -0.2) is 40.0 Å². The lowest BCUT2D eigenvalue weighted by atomic mass is 9.95. The summed E-state index contributed by atoms with van der Waals surface area (Å²) in [4.78, 5) is 16.0. The van der Waals surface area contributed by atoms with E-state index < -0.39 is 0 Å². The second-order valence-electron chi connectivity index (χ2n) is 6.28. The van der Waals surface area contributed by atoms with Gasteiger partial charge in [-0.15, -0.1) is 11.3 Å². The Morgan fingerprint density at radius 2 is 2.13 bits per heavy atom. The van der Waals surface area contributed by atoms with Gasteiger partial charge in [0.05, 0.1) is 28.8 Å². The number of hydrogen-bond acceptors (Lipinski definition) is 6. The number of rotatable bonds is 5. The summed E-state index contributed by atoms with van der Waals surface area (Å²) in [5.41, 5.74) is 2.33. The molecule has 0 radical (unpaired) electrons. The highest BCUT2D eigenvalue weighted by molar-refractivity contribution is 7.09. The zero-order valence-corrected chi connectivity index (χ0v) is 14.8. The highest BCUT2D eigenvalue weighted by Gasteiger charge is 2.18. The molecule has 6 heteroatoms. The molecule has 3 rings (SSSR count). The number of nitrogens with one attached hydrogen (secondary N) is 1. The molecule has 2 aromatic rings. The van der Waals surface area contributed by atoms with Crippen LogP contribution in [0.25, 0.3) is 0 Å². The number of hydrogen-bond donors (Lipinski definition) is 1. The van der Waals surface area contributed by atoms with Crippen molar-refractivity contribution in [3.63, 3.8) is 0 Å². The smallest absolute Gasteiger partial charge is 0.144 e. The van der Waals surface area contributed by atoms with Gasteiger partial charge in [-0.1, -0.05) is 0 Å². The van der Waals surface area contributed by atoms with Crippen molar-refractivity contribution in [1.29, 1.82) is 0 Å². The quantitative estimate of drug-likeness (QED) is 0.912. The lowest BCUT2D eigenvalue weighted by molar-refractivity contribution is 0.269. The van der Waals surface area contributed by atoms with Crippen LogP contribution in [0.4, 0.5) is 5.82 Å². The van der Waals surface area contributed by atoms with Crippen LogP contribution in [0.5, 0.6) is 0 Å². The van der Waals surface area contributed by atoms with E-state index in [9.17, 15) is 0 Å². The van der Waals surface area contributed by atoms with Gasteiger partial charge >= 0.3 is 0 Å². The summed E-state index contributed by atoms with van der Waals surface area (Å²) in [6.07, 6.45) is 8.55. The third-order valence-electron chi connectivity index (χ3n) is 4.45. The summed E-state index contributed by atoms with van der Waals surface area (Å²) in [6.45, 7) is 5.40. The molecule has 0 aromatic carbocycles. The van der Waals surface area contributed by atoms with E-state index in [4.69, 9.17) is 0 Å². The lowest BCUT2D eigenvalue weighted by Crippen LogP contribution is -2.24. The minimum absolute atomic E-state index is 0.715. The van der Waals surface area contributed by atoms with Gasteiger partial charge in [-0.05, 0) is 51.6 Å². The molecule has 0 bridgehead atoms. The maximum absolute atomic E-state index is 4.59. The van der Waals surface area contributed by atoms with E-state index in [0.717, 1.165) is 36.0 Å². The molecule has 23 heavy (non-hydrogen) atoms. The van der Waals surface area contributed by atoms with E-state index in [1.165, 1.54) is 31.5 Å². The van der Waals surface area contributed by atoms with Crippen LogP contribution in [0.1, 0.15) is 35.7 Å². The fraction of sp³-hybridized carbons (Fsp3) is 0.588. The minimum Gasteiger partial charge on any atom is -0.372 e. The fourth-order valence-electron chi connectivity index (χ4n) is 3.18. The van der Waals surface area contributed by atoms with Gasteiger partial charge in [0.2, 0.25) is 0 Å². The van der Waals surface area contributed by atoms with E-state index in [1.807, 2.05) is 19.4 Å². The minimum atomic E-state index is 0.715. The number of aryl methyl sites for hydroxylation is 1. The molecule has 1 aliphatic rings. The van der Waals surface area contributed by atoms with Gasteiger partial charge in [0.25, 0.3) is 0 Å². The molecule has 0 saturated carbocycles. The van der Waals surface area contributed by atoms with E-state index in [0.29, 0.717) is 5.92 Å². The van der Waals surface area contributed by atoms with Crippen molar-refractivity contribution in [2.24, 2.45) is 5.92 Å². The van der Waals surface area contributed by atoms with Gasteiger partial charge in [0, 0.05) is 19.0 Å². The Morgan fingerprint density at radius 1 is 1.22 bits per heavy atom. The van der Waals surface area contributed by atoms with Gasteiger partial charge in [0.15, 0.2) is 0 Å². The van der Waals surface area contributed by atoms with Crippen LogP contribution in [0.3, 0.4) is 0 Å². The molecule has 0 unspecified atom stereocenters.